The molecule has 1 aromatic rings. The molecule has 0 amide bonds. The van der Waals surface area contributed by atoms with E-state index in [1.807, 2.05) is 0 Å². The molecule has 14 heavy (non-hydrogen) atoms. The fourth-order valence-corrected chi connectivity index (χ4v) is 1.22. The Morgan fingerprint density at radius 3 is 2.79 bits per heavy atom. The SMILES string of the molecule is O=c1cc(COCC2CC2)[nH]c(=O)[nH]1. The van der Waals surface area contributed by atoms with Crippen LogP contribution in [-0.2, 0) is 11.3 Å². The minimum absolute atomic E-state index is 0.301. The molecule has 0 saturated heterocycles. The molecule has 1 saturated carbocycles. The van der Waals surface area contributed by atoms with Gasteiger partial charge in [0.05, 0.1) is 12.3 Å². The van der Waals surface area contributed by atoms with E-state index >= 15 is 0 Å². The third kappa shape index (κ3) is 2.56. The Labute approximate surface area is 80.1 Å². The van der Waals surface area contributed by atoms with E-state index in [1.54, 1.807) is 0 Å². The molecule has 0 radical (unpaired) electrons. The molecular formula is C9H12N2O3. The number of hydrogen-bond donors (Lipinski definition) is 2. The summed E-state index contributed by atoms with van der Waals surface area (Å²) in [7, 11) is 0. The van der Waals surface area contributed by atoms with Crippen LogP contribution in [-0.4, -0.2) is 16.6 Å². The lowest BCUT2D eigenvalue weighted by atomic mass is 10.4. The Hall–Kier alpha value is -1.36. The van der Waals surface area contributed by atoms with E-state index in [9.17, 15) is 9.59 Å². The summed E-state index contributed by atoms with van der Waals surface area (Å²) in [6.45, 7) is 1.02. The van der Waals surface area contributed by atoms with Crippen molar-refractivity contribution in [3.8, 4) is 0 Å². The van der Waals surface area contributed by atoms with Gasteiger partial charge >= 0.3 is 5.69 Å². The molecule has 0 aromatic carbocycles. The van der Waals surface area contributed by atoms with E-state index in [4.69, 9.17) is 4.74 Å². The van der Waals surface area contributed by atoms with Crippen molar-refractivity contribution in [3.63, 3.8) is 0 Å². The van der Waals surface area contributed by atoms with Crippen LogP contribution in [0.3, 0.4) is 0 Å². The summed E-state index contributed by atoms with van der Waals surface area (Å²) in [5.74, 6) is 0.684. The first kappa shape index (κ1) is 9.21. The van der Waals surface area contributed by atoms with Crippen LogP contribution in [0.25, 0.3) is 0 Å². The zero-order valence-electron chi connectivity index (χ0n) is 7.71. The Balaban J connectivity index is 1.93. The molecule has 0 atom stereocenters. The lowest BCUT2D eigenvalue weighted by Gasteiger charge is -2.01. The summed E-state index contributed by atoms with van der Waals surface area (Å²) in [5.41, 5.74) is -0.347. The third-order valence-corrected chi connectivity index (χ3v) is 2.12. The molecule has 0 spiro atoms. The van der Waals surface area contributed by atoms with Crippen molar-refractivity contribution in [2.75, 3.05) is 6.61 Å². The highest BCUT2D eigenvalue weighted by atomic mass is 16.5. The zero-order valence-corrected chi connectivity index (χ0v) is 7.71. The molecule has 1 aliphatic rings. The van der Waals surface area contributed by atoms with Gasteiger partial charge in [-0.3, -0.25) is 9.78 Å². The monoisotopic (exact) mass is 196 g/mol. The number of H-pyrrole nitrogens is 2. The van der Waals surface area contributed by atoms with Crippen LogP contribution in [0.2, 0.25) is 0 Å². The van der Waals surface area contributed by atoms with E-state index in [2.05, 4.69) is 9.97 Å². The topological polar surface area (TPSA) is 75.0 Å². The number of ether oxygens (including phenoxy) is 1. The Morgan fingerprint density at radius 1 is 1.36 bits per heavy atom. The van der Waals surface area contributed by atoms with Gasteiger partial charge in [-0.15, -0.1) is 0 Å². The minimum Gasteiger partial charge on any atom is -0.375 e. The van der Waals surface area contributed by atoms with Crippen molar-refractivity contribution < 1.29 is 4.74 Å². The molecule has 1 aliphatic carbocycles. The number of nitrogens with one attached hydrogen (secondary N) is 2. The van der Waals surface area contributed by atoms with Crippen molar-refractivity contribution in [2.24, 2.45) is 5.92 Å². The molecular weight excluding hydrogens is 184 g/mol. The van der Waals surface area contributed by atoms with Crippen molar-refractivity contribution in [2.45, 2.75) is 19.4 Å². The van der Waals surface area contributed by atoms with Crippen molar-refractivity contribution in [1.29, 1.82) is 0 Å². The molecule has 1 aromatic heterocycles. The summed E-state index contributed by atoms with van der Waals surface area (Å²) in [4.78, 5) is 26.3. The van der Waals surface area contributed by atoms with Gasteiger partial charge in [-0.25, -0.2) is 4.79 Å². The highest BCUT2D eigenvalue weighted by molar-refractivity contribution is 4.96. The summed E-state index contributed by atoms with van der Waals surface area (Å²) in [6.07, 6.45) is 2.46. The Morgan fingerprint density at radius 2 is 2.14 bits per heavy atom. The fraction of sp³-hybridized carbons (Fsp3) is 0.556. The first-order valence-corrected chi connectivity index (χ1v) is 4.64. The van der Waals surface area contributed by atoms with Gasteiger partial charge in [0.2, 0.25) is 0 Å². The van der Waals surface area contributed by atoms with Crippen molar-refractivity contribution in [3.05, 3.63) is 32.6 Å². The second kappa shape index (κ2) is 3.79. The summed E-state index contributed by atoms with van der Waals surface area (Å²) in [6, 6.07) is 1.34. The van der Waals surface area contributed by atoms with E-state index in [0.29, 0.717) is 18.2 Å². The maximum absolute atomic E-state index is 10.9. The molecule has 2 N–H and O–H groups in total. The minimum atomic E-state index is -0.484. The third-order valence-electron chi connectivity index (χ3n) is 2.12. The van der Waals surface area contributed by atoms with E-state index in [0.717, 1.165) is 6.61 Å². The molecule has 0 aliphatic heterocycles. The molecule has 1 heterocycles. The second-order valence-corrected chi connectivity index (χ2v) is 3.57. The van der Waals surface area contributed by atoms with Gasteiger partial charge in [0.1, 0.15) is 0 Å². The average Bonchev–Trinajstić information content (AvgIpc) is 2.86. The molecule has 5 heteroatoms. The van der Waals surface area contributed by atoms with Gasteiger partial charge in [-0.05, 0) is 18.8 Å². The summed E-state index contributed by atoms with van der Waals surface area (Å²) in [5, 5.41) is 0. The van der Waals surface area contributed by atoms with Crippen molar-refractivity contribution in [1.82, 2.24) is 9.97 Å². The maximum atomic E-state index is 10.9. The van der Waals surface area contributed by atoms with Crippen molar-refractivity contribution >= 4 is 0 Å². The largest absolute Gasteiger partial charge is 0.375 e. The van der Waals surface area contributed by atoms with Crippen LogP contribution in [0.4, 0.5) is 0 Å². The van der Waals surface area contributed by atoms with Crippen LogP contribution in [0.1, 0.15) is 18.5 Å². The quantitative estimate of drug-likeness (QED) is 0.711. The highest BCUT2D eigenvalue weighted by Gasteiger charge is 2.21. The van der Waals surface area contributed by atoms with Gasteiger partial charge < -0.3 is 9.72 Å². The lowest BCUT2D eigenvalue weighted by Crippen LogP contribution is -2.23. The number of aromatic amines is 2. The fourth-order valence-electron chi connectivity index (χ4n) is 1.22. The van der Waals surface area contributed by atoms with E-state index in [-0.39, 0.29) is 0 Å². The Kier molecular flexibility index (Phi) is 2.49. The van der Waals surface area contributed by atoms with Gasteiger partial charge in [-0.1, -0.05) is 0 Å². The highest BCUT2D eigenvalue weighted by Crippen LogP contribution is 2.28. The lowest BCUT2D eigenvalue weighted by molar-refractivity contribution is 0.108. The van der Waals surface area contributed by atoms with Crippen LogP contribution in [0.15, 0.2) is 15.7 Å². The first-order valence-electron chi connectivity index (χ1n) is 4.64. The van der Waals surface area contributed by atoms with Crippen LogP contribution in [0.5, 0.6) is 0 Å². The molecule has 1 fully saturated rings. The Bertz CT molecular complexity index is 388. The number of rotatable bonds is 4. The predicted molar refractivity (Wildman–Crippen MR) is 50.1 cm³/mol. The zero-order chi connectivity index (χ0) is 9.97. The maximum Gasteiger partial charge on any atom is 0.325 e. The summed E-state index contributed by atoms with van der Waals surface area (Å²) >= 11 is 0. The first-order chi connectivity index (χ1) is 6.74. The molecule has 0 bridgehead atoms. The second-order valence-electron chi connectivity index (χ2n) is 3.57. The number of aromatic nitrogens is 2. The van der Waals surface area contributed by atoms with Gasteiger partial charge in [0.15, 0.2) is 0 Å². The van der Waals surface area contributed by atoms with Crippen LogP contribution >= 0.6 is 0 Å². The molecule has 2 rings (SSSR count). The van der Waals surface area contributed by atoms with Gasteiger partial charge in [0.25, 0.3) is 5.56 Å². The van der Waals surface area contributed by atoms with E-state index in [1.165, 1.54) is 18.9 Å². The van der Waals surface area contributed by atoms with Crippen LogP contribution in [0, 0.1) is 5.92 Å². The normalized spacial score (nSPS) is 15.7. The van der Waals surface area contributed by atoms with Gasteiger partial charge in [-0.2, -0.15) is 0 Å². The molecule has 76 valence electrons. The van der Waals surface area contributed by atoms with Crippen LogP contribution < -0.4 is 11.2 Å². The summed E-state index contributed by atoms with van der Waals surface area (Å²) < 4.78 is 5.33. The predicted octanol–water partition coefficient (Wildman–Crippen LogP) is -0.0102. The molecule has 0 unspecified atom stereocenters. The standard InChI is InChI=1S/C9H12N2O3/c12-8-3-7(10-9(13)11-8)5-14-4-6-1-2-6/h3,6H,1-2,4-5H2,(H2,10,11,12,13). The smallest absolute Gasteiger partial charge is 0.325 e. The van der Waals surface area contributed by atoms with E-state index < -0.39 is 11.2 Å². The average molecular weight is 196 g/mol. The molecule has 5 nitrogen and oxygen atoms in total. The van der Waals surface area contributed by atoms with Gasteiger partial charge in [0, 0.05) is 12.7 Å². The number of hydrogen-bond acceptors (Lipinski definition) is 3.